The van der Waals surface area contributed by atoms with Gasteiger partial charge >= 0.3 is 0 Å². The first kappa shape index (κ1) is 16.4. The van der Waals surface area contributed by atoms with Crippen LogP contribution in [0.2, 0.25) is 0 Å². The van der Waals surface area contributed by atoms with Crippen LogP contribution in [-0.4, -0.2) is 24.6 Å². The molecule has 0 fully saturated rings. The number of amides is 1. The van der Waals surface area contributed by atoms with E-state index in [0.717, 1.165) is 0 Å². The third kappa shape index (κ3) is 5.07. The summed E-state index contributed by atoms with van der Waals surface area (Å²) < 4.78 is 5.01. The molecule has 0 atom stereocenters. The van der Waals surface area contributed by atoms with Crippen LogP contribution in [0.4, 0.5) is 5.69 Å². The summed E-state index contributed by atoms with van der Waals surface area (Å²) in [5.41, 5.74) is 1.04. The monoisotopic (exact) mass is 311 g/mol. The first-order chi connectivity index (χ1) is 11.1. The minimum absolute atomic E-state index is 0.297. The number of carbonyl (C=O) groups excluding carboxylic acids is 3. The van der Waals surface area contributed by atoms with E-state index in [2.05, 4.69) is 5.32 Å². The molecule has 0 saturated carbocycles. The number of Topliss-reactive ketones (excluding diaryl/α,β-unsaturated/α-hetero) is 2. The number of hydrogen-bond donors (Lipinski definition) is 1. The topological polar surface area (TPSA) is 72.5 Å². The van der Waals surface area contributed by atoms with Crippen molar-refractivity contribution in [2.45, 2.75) is 12.8 Å². The Morgan fingerprint density at radius 3 is 2.17 bits per heavy atom. The van der Waals surface area contributed by atoms with Crippen molar-refractivity contribution < 1.29 is 19.1 Å². The summed E-state index contributed by atoms with van der Waals surface area (Å²) in [5, 5.41) is 2.61. The van der Waals surface area contributed by atoms with Crippen molar-refractivity contribution in [1.82, 2.24) is 0 Å². The third-order valence-electron chi connectivity index (χ3n) is 3.18. The Labute approximate surface area is 134 Å². The molecule has 0 bridgehead atoms. The summed E-state index contributed by atoms with van der Waals surface area (Å²) in [6, 6.07) is 15.3. The van der Waals surface area contributed by atoms with Crippen LogP contribution in [0.25, 0.3) is 0 Å². The van der Waals surface area contributed by atoms with Gasteiger partial charge in [0.15, 0.2) is 5.78 Å². The zero-order valence-corrected chi connectivity index (χ0v) is 12.7. The van der Waals surface area contributed by atoms with Crippen molar-refractivity contribution in [3.8, 4) is 5.75 Å². The maximum Gasteiger partial charge on any atom is 0.231 e. The molecule has 0 spiro atoms. The van der Waals surface area contributed by atoms with Gasteiger partial charge in [-0.15, -0.1) is 0 Å². The van der Waals surface area contributed by atoms with Crippen LogP contribution in [0.5, 0.6) is 5.75 Å². The molecular weight excluding hydrogens is 294 g/mol. The molecule has 0 heterocycles. The van der Waals surface area contributed by atoms with Crippen LogP contribution in [-0.2, 0) is 9.59 Å². The highest BCUT2D eigenvalue weighted by Crippen LogP contribution is 2.13. The maximum absolute atomic E-state index is 12.0. The van der Waals surface area contributed by atoms with Crippen LogP contribution in [0.3, 0.4) is 0 Å². The molecule has 5 heteroatoms. The Hall–Kier alpha value is -2.95. The predicted octanol–water partition coefficient (Wildman–Crippen LogP) is 2.87. The number of benzene rings is 2. The third-order valence-corrected chi connectivity index (χ3v) is 3.18. The fourth-order valence-corrected chi connectivity index (χ4v) is 2.03. The lowest BCUT2D eigenvalue weighted by atomic mass is 10.0. The van der Waals surface area contributed by atoms with E-state index in [1.165, 1.54) is 7.11 Å². The Bertz CT molecular complexity index is 693. The van der Waals surface area contributed by atoms with Gasteiger partial charge in [0.2, 0.25) is 5.91 Å². The van der Waals surface area contributed by atoms with E-state index in [0.29, 0.717) is 17.0 Å². The largest absolute Gasteiger partial charge is 0.497 e. The highest BCUT2D eigenvalue weighted by molar-refractivity contribution is 6.13. The molecular formula is C18H17NO4. The SMILES string of the molecule is COc1ccc(C(=O)CC(=O)CC(=O)Nc2ccccc2)cc1. The van der Waals surface area contributed by atoms with E-state index < -0.39 is 11.7 Å². The van der Waals surface area contributed by atoms with Gasteiger partial charge in [-0.2, -0.15) is 0 Å². The minimum atomic E-state index is -0.427. The van der Waals surface area contributed by atoms with E-state index in [-0.39, 0.29) is 18.6 Å². The Balaban J connectivity index is 1.85. The van der Waals surface area contributed by atoms with Gasteiger partial charge < -0.3 is 10.1 Å². The van der Waals surface area contributed by atoms with Crippen molar-refractivity contribution in [3.05, 3.63) is 60.2 Å². The Morgan fingerprint density at radius 2 is 1.57 bits per heavy atom. The van der Waals surface area contributed by atoms with Crippen LogP contribution in [0, 0.1) is 0 Å². The number of methoxy groups -OCH3 is 1. The molecule has 5 nitrogen and oxygen atoms in total. The molecule has 0 radical (unpaired) electrons. The molecule has 0 unspecified atom stereocenters. The highest BCUT2D eigenvalue weighted by Gasteiger charge is 2.15. The second-order valence-corrected chi connectivity index (χ2v) is 4.96. The molecule has 0 aliphatic heterocycles. The van der Waals surface area contributed by atoms with E-state index in [4.69, 9.17) is 4.74 Å². The van der Waals surface area contributed by atoms with Gasteiger partial charge in [0, 0.05) is 11.3 Å². The van der Waals surface area contributed by atoms with Gasteiger partial charge in [-0.25, -0.2) is 0 Å². The van der Waals surface area contributed by atoms with Gasteiger partial charge in [-0.3, -0.25) is 14.4 Å². The van der Waals surface area contributed by atoms with E-state index in [1.54, 1.807) is 48.5 Å². The molecule has 0 saturated heterocycles. The standard InChI is InChI=1S/C18H17NO4/c1-23-16-9-7-13(8-10-16)17(21)11-15(20)12-18(22)19-14-5-3-2-4-6-14/h2-10H,11-12H2,1H3,(H,19,22). The van der Waals surface area contributed by atoms with Crippen LogP contribution >= 0.6 is 0 Å². The highest BCUT2D eigenvalue weighted by atomic mass is 16.5. The van der Waals surface area contributed by atoms with Gasteiger partial charge in [0.05, 0.1) is 20.0 Å². The quantitative estimate of drug-likeness (QED) is 0.630. The summed E-state index contributed by atoms with van der Waals surface area (Å²) in [6.07, 6.45) is -0.620. The van der Waals surface area contributed by atoms with Crippen LogP contribution < -0.4 is 10.1 Å². The first-order valence-corrected chi connectivity index (χ1v) is 7.12. The summed E-state index contributed by atoms with van der Waals surface area (Å²) in [5.74, 6) is -0.525. The number of rotatable bonds is 7. The van der Waals surface area contributed by atoms with E-state index in [9.17, 15) is 14.4 Å². The number of para-hydroxylation sites is 1. The van der Waals surface area contributed by atoms with Crippen molar-refractivity contribution in [2.75, 3.05) is 12.4 Å². The van der Waals surface area contributed by atoms with Gasteiger partial charge in [-0.1, -0.05) is 18.2 Å². The molecule has 0 aromatic heterocycles. The molecule has 1 amide bonds. The molecule has 0 aliphatic rings. The van der Waals surface area contributed by atoms with Crippen molar-refractivity contribution in [1.29, 1.82) is 0 Å². The van der Waals surface area contributed by atoms with Gasteiger partial charge in [0.1, 0.15) is 11.5 Å². The average molecular weight is 311 g/mol. The number of carbonyl (C=O) groups is 3. The summed E-state index contributed by atoms with van der Waals surface area (Å²) in [4.78, 5) is 35.6. The Kier molecular flexibility index (Phi) is 5.63. The summed E-state index contributed by atoms with van der Waals surface area (Å²) in [7, 11) is 1.53. The lowest BCUT2D eigenvalue weighted by Gasteiger charge is -2.05. The second kappa shape index (κ2) is 7.89. The number of ether oxygens (including phenoxy) is 1. The molecule has 23 heavy (non-hydrogen) atoms. The fraction of sp³-hybridized carbons (Fsp3) is 0.167. The Morgan fingerprint density at radius 1 is 0.913 bits per heavy atom. The number of ketones is 2. The lowest BCUT2D eigenvalue weighted by Crippen LogP contribution is -2.18. The van der Waals surface area contributed by atoms with Crippen LogP contribution in [0.1, 0.15) is 23.2 Å². The summed E-state index contributed by atoms with van der Waals surface area (Å²) >= 11 is 0. The predicted molar refractivity (Wildman–Crippen MR) is 86.6 cm³/mol. The maximum atomic E-state index is 12.0. The molecule has 2 aromatic rings. The van der Waals surface area contributed by atoms with Crippen molar-refractivity contribution in [3.63, 3.8) is 0 Å². The first-order valence-electron chi connectivity index (χ1n) is 7.12. The molecule has 1 N–H and O–H groups in total. The van der Waals surface area contributed by atoms with Crippen LogP contribution in [0.15, 0.2) is 54.6 Å². The minimum Gasteiger partial charge on any atom is -0.497 e. The molecule has 2 rings (SSSR count). The van der Waals surface area contributed by atoms with E-state index >= 15 is 0 Å². The zero-order chi connectivity index (χ0) is 16.7. The second-order valence-electron chi connectivity index (χ2n) is 4.96. The normalized spacial score (nSPS) is 9.96. The van der Waals surface area contributed by atoms with Gasteiger partial charge in [0.25, 0.3) is 0 Å². The molecule has 0 aliphatic carbocycles. The smallest absolute Gasteiger partial charge is 0.231 e. The molecule has 2 aromatic carbocycles. The lowest BCUT2D eigenvalue weighted by molar-refractivity contribution is -0.124. The fourth-order valence-electron chi connectivity index (χ4n) is 2.03. The average Bonchev–Trinajstić information content (AvgIpc) is 2.55. The number of hydrogen-bond acceptors (Lipinski definition) is 4. The zero-order valence-electron chi connectivity index (χ0n) is 12.7. The van der Waals surface area contributed by atoms with Gasteiger partial charge in [-0.05, 0) is 36.4 Å². The summed E-state index contributed by atoms with van der Waals surface area (Å²) in [6.45, 7) is 0. The molecule has 118 valence electrons. The number of nitrogens with one attached hydrogen (secondary N) is 1. The van der Waals surface area contributed by atoms with Crippen molar-refractivity contribution >= 4 is 23.2 Å². The van der Waals surface area contributed by atoms with Crippen molar-refractivity contribution in [2.24, 2.45) is 0 Å². The number of anilines is 1. The van der Waals surface area contributed by atoms with E-state index in [1.807, 2.05) is 6.07 Å².